The molecule has 0 fully saturated rings. The number of aliphatic imine (C=N–C) groups is 1. The lowest BCUT2D eigenvalue weighted by molar-refractivity contribution is 0.570. The zero-order chi connectivity index (χ0) is 17.4. The number of aromatic nitrogens is 2. The topological polar surface area (TPSA) is 57.5 Å². The molecule has 0 bridgehead atoms. The predicted molar refractivity (Wildman–Crippen MR) is 111 cm³/mol. The maximum absolute atomic E-state index is 14.0. The lowest BCUT2D eigenvalue weighted by Crippen LogP contribution is -2.37. The van der Waals surface area contributed by atoms with Crippen LogP contribution in [-0.2, 0) is 13.1 Å². The minimum absolute atomic E-state index is 0. The molecule has 0 aliphatic rings. The summed E-state index contributed by atoms with van der Waals surface area (Å²) in [6.07, 6.45) is 4.65. The van der Waals surface area contributed by atoms with Crippen molar-refractivity contribution in [2.24, 2.45) is 4.99 Å². The SMILES string of the molecule is CN=C(NCCCn1cccn1)NCc1ccc(N(C)C)c(F)c1.I. The van der Waals surface area contributed by atoms with Gasteiger partial charge in [-0.25, -0.2) is 4.39 Å². The summed E-state index contributed by atoms with van der Waals surface area (Å²) in [6.45, 7) is 2.16. The van der Waals surface area contributed by atoms with E-state index in [2.05, 4.69) is 20.7 Å². The largest absolute Gasteiger partial charge is 0.375 e. The molecule has 0 radical (unpaired) electrons. The summed E-state index contributed by atoms with van der Waals surface area (Å²) in [5.74, 6) is 0.481. The third kappa shape index (κ3) is 6.89. The Labute approximate surface area is 165 Å². The predicted octanol–water partition coefficient (Wildman–Crippen LogP) is 2.46. The van der Waals surface area contributed by atoms with Crippen LogP contribution in [0.5, 0.6) is 0 Å². The zero-order valence-electron chi connectivity index (χ0n) is 14.9. The maximum atomic E-state index is 14.0. The molecule has 0 amide bonds. The summed E-state index contributed by atoms with van der Waals surface area (Å²) >= 11 is 0. The highest BCUT2D eigenvalue weighted by atomic mass is 127. The first-order valence-electron chi connectivity index (χ1n) is 7.98. The number of halogens is 2. The summed E-state index contributed by atoms with van der Waals surface area (Å²) in [7, 11) is 5.37. The van der Waals surface area contributed by atoms with Gasteiger partial charge in [-0.3, -0.25) is 9.67 Å². The van der Waals surface area contributed by atoms with Crippen molar-refractivity contribution in [1.82, 2.24) is 20.4 Å². The molecule has 8 heteroatoms. The van der Waals surface area contributed by atoms with Gasteiger partial charge in [-0.05, 0) is 30.2 Å². The average Bonchev–Trinajstić information content (AvgIpc) is 3.07. The molecule has 1 aromatic carbocycles. The molecule has 1 heterocycles. The van der Waals surface area contributed by atoms with E-state index < -0.39 is 0 Å². The number of nitrogens with one attached hydrogen (secondary N) is 2. The molecular formula is C17H26FIN6. The molecule has 2 N–H and O–H groups in total. The fraction of sp³-hybridized carbons (Fsp3) is 0.412. The first kappa shape index (κ1) is 21.2. The van der Waals surface area contributed by atoms with Gasteiger partial charge in [0.1, 0.15) is 5.82 Å². The van der Waals surface area contributed by atoms with Crippen molar-refractivity contribution in [3.63, 3.8) is 0 Å². The molecule has 25 heavy (non-hydrogen) atoms. The second-order valence-electron chi connectivity index (χ2n) is 5.66. The van der Waals surface area contributed by atoms with Crippen molar-refractivity contribution in [2.75, 3.05) is 32.6 Å². The smallest absolute Gasteiger partial charge is 0.191 e. The Bertz CT molecular complexity index is 657. The second-order valence-corrected chi connectivity index (χ2v) is 5.66. The van der Waals surface area contributed by atoms with Gasteiger partial charge >= 0.3 is 0 Å². The quantitative estimate of drug-likeness (QED) is 0.289. The molecule has 0 saturated carbocycles. The van der Waals surface area contributed by atoms with Crippen LogP contribution < -0.4 is 15.5 Å². The van der Waals surface area contributed by atoms with Crippen molar-refractivity contribution in [3.8, 4) is 0 Å². The second kappa shape index (κ2) is 10.9. The van der Waals surface area contributed by atoms with E-state index in [1.807, 2.05) is 37.1 Å². The number of guanidine groups is 1. The number of anilines is 1. The minimum atomic E-state index is -0.221. The monoisotopic (exact) mass is 460 g/mol. The van der Waals surface area contributed by atoms with Gasteiger partial charge in [0, 0.05) is 53.2 Å². The molecule has 0 spiro atoms. The lowest BCUT2D eigenvalue weighted by Gasteiger charge is -2.15. The van der Waals surface area contributed by atoms with Crippen LogP contribution in [-0.4, -0.2) is 43.4 Å². The number of aryl methyl sites for hydroxylation is 1. The third-order valence-corrected chi connectivity index (χ3v) is 3.59. The van der Waals surface area contributed by atoms with Crippen LogP contribution in [0.15, 0.2) is 41.7 Å². The standard InChI is InChI=1S/C17H25FN6.HI/c1-19-17(20-8-4-10-24-11-5-9-22-24)21-13-14-6-7-16(23(2)3)15(18)12-14;/h5-7,9,11-12H,4,8,10,13H2,1-3H3,(H2,19,20,21);1H. The van der Waals surface area contributed by atoms with Gasteiger partial charge in [0.15, 0.2) is 5.96 Å². The highest BCUT2D eigenvalue weighted by molar-refractivity contribution is 14.0. The van der Waals surface area contributed by atoms with E-state index in [0.29, 0.717) is 18.2 Å². The zero-order valence-corrected chi connectivity index (χ0v) is 17.2. The Balaban J connectivity index is 0.00000312. The van der Waals surface area contributed by atoms with Crippen LogP contribution >= 0.6 is 24.0 Å². The molecule has 1 aromatic heterocycles. The van der Waals surface area contributed by atoms with Gasteiger partial charge < -0.3 is 15.5 Å². The normalized spacial score (nSPS) is 11.0. The molecule has 6 nitrogen and oxygen atoms in total. The van der Waals surface area contributed by atoms with Gasteiger partial charge in [-0.2, -0.15) is 5.10 Å². The van der Waals surface area contributed by atoms with Crippen LogP contribution in [0.3, 0.4) is 0 Å². The fourth-order valence-corrected chi connectivity index (χ4v) is 2.31. The fourth-order valence-electron chi connectivity index (χ4n) is 2.31. The summed E-state index contributed by atoms with van der Waals surface area (Å²) in [4.78, 5) is 5.93. The molecular weight excluding hydrogens is 434 g/mol. The van der Waals surface area contributed by atoms with E-state index in [1.165, 1.54) is 0 Å². The lowest BCUT2D eigenvalue weighted by atomic mass is 10.2. The van der Waals surface area contributed by atoms with E-state index in [1.54, 1.807) is 30.3 Å². The minimum Gasteiger partial charge on any atom is -0.375 e. The number of hydrogen-bond acceptors (Lipinski definition) is 3. The van der Waals surface area contributed by atoms with E-state index in [4.69, 9.17) is 0 Å². The van der Waals surface area contributed by atoms with Crippen LogP contribution in [0.1, 0.15) is 12.0 Å². The molecule has 0 saturated heterocycles. The third-order valence-electron chi connectivity index (χ3n) is 3.59. The first-order valence-corrected chi connectivity index (χ1v) is 7.98. The van der Waals surface area contributed by atoms with Crippen LogP contribution in [0.25, 0.3) is 0 Å². The number of benzene rings is 1. The summed E-state index contributed by atoms with van der Waals surface area (Å²) in [5.41, 5.74) is 1.46. The van der Waals surface area contributed by atoms with Crippen LogP contribution in [0.4, 0.5) is 10.1 Å². The van der Waals surface area contributed by atoms with E-state index >= 15 is 0 Å². The van der Waals surface area contributed by atoms with Crippen molar-refractivity contribution in [3.05, 3.63) is 48.0 Å². The van der Waals surface area contributed by atoms with Crippen molar-refractivity contribution < 1.29 is 4.39 Å². The number of nitrogens with zero attached hydrogens (tertiary/aromatic N) is 4. The van der Waals surface area contributed by atoms with Gasteiger partial charge in [0.2, 0.25) is 0 Å². The van der Waals surface area contributed by atoms with Crippen LogP contribution in [0.2, 0.25) is 0 Å². The molecule has 2 aromatic rings. The Morgan fingerprint density at radius 2 is 2.12 bits per heavy atom. The van der Waals surface area contributed by atoms with Gasteiger partial charge in [0.25, 0.3) is 0 Å². The molecule has 2 rings (SSSR count). The number of hydrogen-bond donors (Lipinski definition) is 2. The summed E-state index contributed by atoms with van der Waals surface area (Å²) in [6, 6.07) is 7.16. The number of rotatable bonds is 7. The molecule has 0 aliphatic heterocycles. The van der Waals surface area contributed by atoms with E-state index in [0.717, 1.165) is 25.1 Å². The highest BCUT2D eigenvalue weighted by Crippen LogP contribution is 2.18. The Hall–Kier alpha value is -1.84. The Morgan fingerprint density at radius 1 is 1.32 bits per heavy atom. The molecule has 0 atom stereocenters. The van der Waals surface area contributed by atoms with Crippen molar-refractivity contribution >= 4 is 35.6 Å². The van der Waals surface area contributed by atoms with Gasteiger partial charge in [-0.15, -0.1) is 24.0 Å². The first-order chi connectivity index (χ1) is 11.6. The Kier molecular flexibility index (Phi) is 9.25. The summed E-state index contributed by atoms with van der Waals surface area (Å²) < 4.78 is 15.9. The van der Waals surface area contributed by atoms with Gasteiger partial charge in [-0.1, -0.05) is 6.07 Å². The molecule has 0 unspecified atom stereocenters. The molecule has 138 valence electrons. The van der Waals surface area contributed by atoms with Crippen LogP contribution in [0, 0.1) is 5.82 Å². The maximum Gasteiger partial charge on any atom is 0.191 e. The molecule has 0 aliphatic carbocycles. The van der Waals surface area contributed by atoms with E-state index in [9.17, 15) is 4.39 Å². The average molecular weight is 460 g/mol. The van der Waals surface area contributed by atoms with Gasteiger partial charge in [0.05, 0.1) is 5.69 Å². The Morgan fingerprint density at radius 3 is 2.72 bits per heavy atom. The van der Waals surface area contributed by atoms with E-state index in [-0.39, 0.29) is 29.8 Å². The van der Waals surface area contributed by atoms with Crippen molar-refractivity contribution in [1.29, 1.82) is 0 Å². The van der Waals surface area contributed by atoms with Crippen molar-refractivity contribution in [2.45, 2.75) is 19.5 Å². The highest BCUT2D eigenvalue weighted by Gasteiger charge is 2.06. The summed E-state index contributed by atoms with van der Waals surface area (Å²) in [5, 5.41) is 10.6.